The Labute approximate surface area is 117 Å². The molecule has 0 atom stereocenters. The highest BCUT2D eigenvalue weighted by molar-refractivity contribution is 5.86. The first-order chi connectivity index (χ1) is 9.75. The lowest BCUT2D eigenvalue weighted by molar-refractivity contribution is 0.452. The van der Waals surface area contributed by atoms with Gasteiger partial charge in [-0.1, -0.05) is 54.6 Å². The molecule has 0 aromatic heterocycles. The molecule has 0 aliphatic rings. The first-order valence-electron chi connectivity index (χ1n) is 6.42. The fourth-order valence-corrected chi connectivity index (χ4v) is 2.34. The summed E-state index contributed by atoms with van der Waals surface area (Å²) in [7, 11) is 0. The van der Waals surface area contributed by atoms with E-state index in [1.54, 1.807) is 12.1 Å². The van der Waals surface area contributed by atoms with Crippen LogP contribution < -0.4 is 0 Å². The highest BCUT2D eigenvalue weighted by Gasteiger charge is 2.10. The van der Waals surface area contributed by atoms with E-state index in [0.29, 0.717) is 5.56 Å². The molecule has 2 heteroatoms. The molecule has 3 aromatic rings. The van der Waals surface area contributed by atoms with Gasteiger partial charge in [-0.2, -0.15) is 0 Å². The largest absolute Gasteiger partial charge is 0.508 e. The molecule has 3 aromatic carbocycles. The molecule has 0 unspecified atom stereocenters. The second-order valence-electron chi connectivity index (χ2n) is 4.61. The van der Waals surface area contributed by atoms with Gasteiger partial charge >= 0.3 is 0 Å². The number of hydrogen-bond donors (Lipinski definition) is 2. The maximum Gasteiger partial charge on any atom is 0.127 e. The molecule has 0 amide bonds. The Morgan fingerprint density at radius 3 is 1.90 bits per heavy atom. The molecule has 0 saturated heterocycles. The van der Waals surface area contributed by atoms with E-state index >= 15 is 0 Å². The van der Waals surface area contributed by atoms with E-state index in [0.717, 1.165) is 16.7 Å². The van der Waals surface area contributed by atoms with Gasteiger partial charge < -0.3 is 10.2 Å². The highest BCUT2D eigenvalue weighted by Crippen LogP contribution is 2.37. The molecule has 0 saturated carbocycles. The van der Waals surface area contributed by atoms with Crippen LogP contribution in [0.5, 0.6) is 11.5 Å². The monoisotopic (exact) mass is 262 g/mol. The van der Waals surface area contributed by atoms with Crippen molar-refractivity contribution in [3.63, 3.8) is 0 Å². The van der Waals surface area contributed by atoms with E-state index in [1.165, 1.54) is 6.07 Å². The maximum absolute atomic E-state index is 10.1. The van der Waals surface area contributed by atoms with E-state index < -0.39 is 0 Å². The van der Waals surface area contributed by atoms with Crippen molar-refractivity contribution in [2.24, 2.45) is 0 Å². The lowest BCUT2D eigenvalue weighted by Crippen LogP contribution is -1.85. The van der Waals surface area contributed by atoms with Crippen LogP contribution in [0.25, 0.3) is 22.3 Å². The van der Waals surface area contributed by atoms with Crippen LogP contribution in [0.1, 0.15) is 0 Å². The molecular weight excluding hydrogens is 248 g/mol. The Bertz CT molecular complexity index is 733. The van der Waals surface area contributed by atoms with E-state index in [2.05, 4.69) is 0 Å². The van der Waals surface area contributed by atoms with Gasteiger partial charge in [0.1, 0.15) is 11.5 Å². The van der Waals surface area contributed by atoms with Crippen molar-refractivity contribution in [2.75, 3.05) is 0 Å². The third kappa shape index (κ3) is 2.24. The summed E-state index contributed by atoms with van der Waals surface area (Å²) in [6.07, 6.45) is 0. The minimum atomic E-state index is 0.0587. The molecule has 2 nitrogen and oxygen atoms in total. The molecule has 0 fully saturated rings. The van der Waals surface area contributed by atoms with Crippen LogP contribution in [-0.4, -0.2) is 10.2 Å². The van der Waals surface area contributed by atoms with Crippen LogP contribution in [0.2, 0.25) is 0 Å². The molecule has 2 N–H and O–H groups in total. The molecule has 0 aliphatic carbocycles. The van der Waals surface area contributed by atoms with Crippen molar-refractivity contribution in [3.05, 3.63) is 72.8 Å². The van der Waals surface area contributed by atoms with Gasteiger partial charge in [-0.15, -0.1) is 0 Å². The highest BCUT2D eigenvalue weighted by atomic mass is 16.3. The number of rotatable bonds is 2. The Kier molecular flexibility index (Phi) is 3.13. The van der Waals surface area contributed by atoms with Crippen LogP contribution in [0.3, 0.4) is 0 Å². The normalized spacial score (nSPS) is 10.4. The molecule has 3 rings (SSSR count). The molecule has 20 heavy (non-hydrogen) atoms. The van der Waals surface area contributed by atoms with Gasteiger partial charge in [0.2, 0.25) is 0 Å². The van der Waals surface area contributed by atoms with Crippen LogP contribution >= 0.6 is 0 Å². The number of phenolic OH excluding ortho intramolecular Hbond substituents is 2. The summed E-state index contributed by atoms with van der Waals surface area (Å²) in [6, 6.07) is 22.6. The first-order valence-corrected chi connectivity index (χ1v) is 6.42. The lowest BCUT2D eigenvalue weighted by atomic mass is 9.94. The fraction of sp³-hybridized carbons (Fsp3) is 0. The number of phenols is 2. The van der Waals surface area contributed by atoms with E-state index in [4.69, 9.17) is 0 Å². The number of hydrogen-bond acceptors (Lipinski definition) is 2. The summed E-state index contributed by atoms with van der Waals surface area (Å²) < 4.78 is 0. The van der Waals surface area contributed by atoms with Gasteiger partial charge in [0.05, 0.1) is 0 Å². The van der Waals surface area contributed by atoms with Crippen molar-refractivity contribution < 1.29 is 10.2 Å². The van der Waals surface area contributed by atoms with Crippen LogP contribution in [-0.2, 0) is 0 Å². The Balaban J connectivity index is 2.20. The third-order valence-corrected chi connectivity index (χ3v) is 3.28. The summed E-state index contributed by atoms with van der Waals surface area (Å²) in [5, 5.41) is 19.5. The van der Waals surface area contributed by atoms with Crippen LogP contribution in [0, 0.1) is 0 Å². The van der Waals surface area contributed by atoms with Gasteiger partial charge in [-0.25, -0.2) is 0 Å². The van der Waals surface area contributed by atoms with Gasteiger partial charge in [-0.05, 0) is 28.8 Å². The molecule has 0 spiro atoms. The molecular formula is C18H14O2. The van der Waals surface area contributed by atoms with E-state index in [-0.39, 0.29) is 11.5 Å². The number of aromatic hydroxyl groups is 2. The standard InChI is InChI=1S/C18H14O2/c19-14-10-11-17(18(20)12-14)16-9-5-4-8-15(16)13-6-2-1-3-7-13/h1-12,19-20H. The van der Waals surface area contributed by atoms with Crippen LogP contribution in [0.4, 0.5) is 0 Å². The summed E-state index contributed by atoms with van der Waals surface area (Å²) >= 11 is 0. The van der Waals surface area contributed by atoms with Crippen LogP contribution in [0.15, 0.2) is 72.8 Å². The minimum absolute atomic E-state index is 0.0587. The second-order valence-corrected chi connectivity index (χ2v) is 4.61. The quantitative estimate of drug-likeness (QED) is 0.717. The van der Waals surface area contributed by atoms with E-state index in [1.807, 2.05) is 54.6 Å². The average molecular weight is 262 g/mol. The zero-order valence-electron chi connectivity index (χ0n) is 10.8. The van der Waals surface area contributed by atoms with E-state index in [9.17, 15) is 10.2 Å². The maximum atomic E-state index is 10.1. The topological polar surface area (TPSA) is 40.5 Å². The van der Waals surface area contributed by atoms with Gasteiger partial charge in [0.25, 0.3) is 0 Å². The van der Waals surface area contributed by atoms with Gasteiger partial charge in [0, 0.05) is 11.6 Å². The summed E-state index contributed by atoms with van der Waals surface area (Å²) in [5.41, 5.74) is 3.79. The smallest absolute Gasteiger partial charge is 0.127 e. The van der Waals surface area contributed by atoms with Crippen molar-refractivity contribution in [2.45, 2.75) is 0 Å². The predicted molar refractivity (Wildman–Crippen MR) is 80.6 cm³/mol. The van der Waals surface area contributed by atoms with Crippen molar-refractivity contribution in [1.29, 1.82) is 0 Å². The predicted octanol–water partition coefficient (Wildman–Crippen LogP) is 4.43. The van der Waals surface area contributed by atoms with Gasteiger partial charge in [-0.3, -0.25) is 0 Å². The second kappa shape index (κ2) is 5.10. The summed E-state index contributed by atoms with van der Waals surface area (Å²) in [4.78, 5) is 0. The first kappa shape index (κ1) is 12.3. The molecule has 0 radical (unpaired) electrons. The summed E-state index contributed by atoms with van der Waals surface area (Å²) in [6.45, 7) is 0. The van der Waals surface area contributed by atoms with Gasteiger partial charge in [0.15, 0.2) is 0 Å². The van der Waals surface area contributed by atoms with Crippen molar-refractivity contribution in [3.8, 4) is 33.8 Å². The Morgan fingerprint density at radius 1 is 0.550 bits per heavy atom. The molecule has 0 aliphatic heterocycles. The minimum Gasteiger partial charge on any atom is -0.508 e. The zero-order valence-corrected chi connectivity index (χ0v) is 10.8. The Morgan fingerprint density at radius 2 is 1.20 bits per heavy atom. The zero-order chi connectivity index (χ0) is 13.9. The average Bonchev–Trinajstić information content (AvgIpc) is 2.48. The molecule has 98 valence electrons. The molecule has 0 heterocycles. The van der Waals surface area contributed by atoms with Crippen molar-refractivity contribution >= 4 is 0 Å². The Hall–Kier alpha value is -2.74. The SMILES string of the molecule is Oc1ccc(-c2ccccc2-c2ccccc2)c(O)c1. The third-order valence-electron chi connectivity index (χ3n) is 3.28. The fourth-order valence-electron chi connectivity index (χ4n) is 2.34. The summed E-state index contributed by atoms with van der Waals surface area (Å²) in [5.74, 6) is 0.136. The number of benzene rings is 3. The lowest BCUT2D eigenvalue weighted by Gasteiger charge is -2.11. The molecule has 0 bridgehead atoms. The van der Waals surface area contributed by atoms with Crippen molar-refractivity contribution in [1.82, 2.24) is 0 Å².